The Labute approximate surface area is 194 Å². The van der Waals surface area contributed by atoms with Crippen molar-refractivity contribution in [1.29, 1.82) is 0 Å². The smallest absolute Gasteiger partial charge is 0.154 e. The van der Waals surface area contributed by atoms with Gasteiger partial charge in [-0.1, -0.05) is 35.9 Å². The molecule has 0 aliphatic carbocycles. The van der Waals surface area contributed by atoms with Crippen LogP contribution in [0.5, 0.6) is 0 Å². The Morgan fingerprint density at radius 3 is 2.70 bits per heavy atom. The molecule has 1 unspecified atom stereocenters. The van der Waals surface area contributed by atoms with Crippen molar-refractivity contribution in [3.05, 3.63) is 71.9 Å². The van der Waals surface area contributed by atoms with E-state index in [1.54, 1.807) is 0 Å². The van der Waals surface area contributed by atoms with Gasteiger partial charge in [0.05, 0.1) is 17.9 Å². The van der Waals surface area contributed by atoms with Crippen LogP contribution < -0.4 is 15.1 Å². The number of rotatable bonds is 4. The maximum Gasteiger partial charge on any atom is 0.154 e. The van der Waals surface area contributed by atoms with E-state index in [0.29, 0.717) is 6.04 Å². The summed E-state index contributed by atoms with van der Waals surface area (Å²) in [5.41, 5.74) is 5.34. The van der Waals surface area contributed by atoms with Crippen LogP contribution in [0.25, 0.3) is 17.0 Å². The average Bonchev–Trinajstić information content (AvgIpc) is 3.52. The van der Waals surface area contributed by atoms with E-state index in [9.17, 15) is 0 Å². The van der Waals surface area contributed by atoms with Crippen LogP contribution in [0.2, 0.25) is 0 Å². The first kappa shape index (κ1) is 20.2. The number of nitrogens with zero attached hydrogens (tertiary/aromatic N) is 6. The van der Waals surface area contributed by atoms with E-state index in [1.165, 1.54) is 17.5 Å². The molecule has 33 heavy (non-hydrogen) atoms. The van der Waals surface area contributed by atoms with E-state index in [4.69, 9.17) is 10.1 Å². The van der Waals surface area contributed by atoms with E-state index >= 15 is 0 Å². The van der Waals surface area contributed by atoms with Crippen LogP contribution in [0.1, 0.15) is 30.0 Å². The highest BCUT2D eigenvalue weighted by Crippen LogP contribution is 2.35. The summed E-state index contributed by atoms with van der Waals surface area (Å²) in [5.74, 6) is 2.00. The van der Waals surface area contributed by atoms with Crippen molar-refractivity contribution in [2.75, 3.05) is 42.5 Å². The maximum absolute atomic E-state index is 5.05. The molecule has 0 saturated carbocycles. The summed E-state index contributed by atoms with van der Waals surface area (Å²) in [6.45, 7) is 7.10. The van der Waals surface area contributed by atoms with Crippen molar-refractivity contribution in [3.63, 3.8) is 0 Å². The van der Waals surface area contributed by atoms with Crippen LogP contribution >= 0.6 is 0 Å². The predicted molar refractivity (Wildman–Crippen MR) is 132 cm³/mol. The second-order valence-corrected chi connectivity index (χ2v) is 8.99. The summed E-state index contributed by atoms with van der Waals surface area (Å²) >= 11 is 0. The lowest BCUT2D eigenvalue weighted by Crippen LogP contribution is -2.43. The normalized spacial score (nSPS) is 18.9. The van der Waals surface area contributed by atoms with Crippen molar-refractivity contribution in [2.45, 2.75) is 25.8 Å². The zero-order valence-electron chi connectivity index (χ0n) is 19.0. The lowest BCUT2D eigenvalue weighted by atomic mass is 10.0. The molecule has 1 N–H and O–H groups in total. The number of hydrogen-bond donors (Lipinski definition) is 1. The van der Waals surface area contributed by atoms with Gasteiger partial charge in [-0.05, 0) is 49.6 Å². The van der Waals surface area contributed by atoms with Crippen LogP contribution in [0, 0.1) is 6.92 Å². The molecule has 4 aromatic rings. The van der Waals surface area contributed by atoms with E-state index < -0.39 is 0 Å². The van der Waals surface area contributed by atoms with Crippen molar-refractivity contribution >= 4 is 17.3 Å². The first-order valence-corrected chi connectivity index (χ1v) is 11.9. The minimum Gasteiger partial charge on any atom is -0.354 e. The van der Waals surface area contributed by atoms with Crippen molar-refractivity contribution in [2.24, 2.45) is 0 Å². The fourth-order valence-corrected chi connectivity index (χ4v) is 5.09. The van der Waals surface area contributed by atoms with Gasteiger partial charge in [-0.3, -0.25) is 0 Å². The van der Waals surface area contributed by atoms with Gasteiger partial charge in [0.15, 0.2) is 5.65 Å². The molecule has 1 aromatic carbocycles. The molecule has 1 atom stereocenters. The molecule has 0 amide bonds. The van der Waals surface area contributed by atoms with Gasteiger partial charge in [0.2, 0.25) is 0 Å². The SMILES string of the molecule is Cc1cccc(C2CCCN2c2ccc3ncc(-c4cccc(N5CCNCC5)n4)n3n2)c1. The van der Waals surface area contributed by atoms with Gasteiger partial charge < -0.3 is 15.1 Å². The molecular formula is C26H29N7. The van der Waals surface area contributed by atoms with Crippen LogP contribution in [0.15, 0.2) is 60.8 Å². The number of imidazole rings is 1. The molecule has 2 aliphatic heterocycles. The van der Waals surface area contributed by atoms with Crippen molar-refractivity contribution in [1.82, 2.24) is 24.9 Å². The Hall–Kier alpha value is -3.45. The van der Waals surface area contributed by atoms with Gasteiger partial charge in [-0.15, -0.1) is 5.10 Å². The number of anilines is 2. The zero-order chi connectivity index (χ0) is 22.2. The maximum atomic E-state index is 5.05. The molecule has 7 nitrogen and oxygen atoms in total. The quantitative estimate of drug-likeness (QED) is 0.521. The van der Waals surface area contributed by atoms with E-state index in [1.807, 2.05) is 10.7 Å². The molecule has 6 rings (SSSR count). The highest BCUT2D eigenvalue weighted by Gasteiger charge is 2.28. The predicted octanol–water partition coefficient (Wildman–Crippen LogP) is 3.85. The molecule has 2 aliphatic rings. The number of pyridine rings is 1. The van der Waals surface area contributed by atoms with Gasteiger partial charge in [0.1, 0.15) is 17.3 Å². The van der Waals surface area contributed by atoms with E-state index in [0.717, 1.165) is 67.8 Å². The Balaban J connectivity index is 1.36. The number of benzene rings is 1. The summed E-state index contributed by atoms with van der Waals surface area (Å²) in [6, 6.07) is 19.6. The number of fused-ring (bicyclic) bond motifs is 1. The van der Waals surface area contributed by atoms with Crippen LogP contribution in [-0.4, -0.2) is 52.3 Å². The number of hydrogen-bond acceptors (Lipinski definition) is 6. The lowest BCUT2D eigenvalue weighted by Gasteiger charge is -2.28. The third kappa shape index (κ3) is 3.82. The largest absolute Gasteiger partial charge is 0.354 e. The molecule has 0 radical (unpaired) electrons. The summed E-state index contributed by atoms with van der Waals surface area (Å²) in [5, 5.41) is 8.45. The first-order chi connectivity index (χ1) is 16.3. The second kappa shape index (κ2) is 8.48. The lowest BCUT2D eigenvalue weighted by molar-refractivity contribution is 0.585. The minimum absolute atomic E-state index is 0.357. The van der Waals surface area contributed by atoms with Crippen LogP contribution in [-0.2, 0) is 0 Å². The molecular weight excluding hydrogens is 410 g/mol. The van der Waals surface area contributed by atoms with Crippen LogP contribution in [0.4, 0.5) is 11.6 Å². The Kier molecular flexibility index (Phi) is 5.19. The molecule has 168 valence electrons. The summed E-state index contributed by atoms with van der Waals surface area (Å²) < 4.78 is 1.95. The minimum atomic E-state index is 0.357. The van der Waals surface area contributed by atoms with Gasteiger partial charge in [0.25, 0.3) is 0 Å². The zero-order valence-corrected chi connectivity index (χ0v) is 19.0. The molecule has 0 bridgehead atoms. The number of aryl methyl sites for hydroxylation is 1. The summed E-state index contributed by atoms with van der Waals surface area (Å²) in [6.07, 6.45) is 4.20. The molecule has 3 aromatic heterocycles. The third-order valence-corrected chi connectivity index (χ3v) is 6.76. The summed E-state index contributed by atoms with van der Waals surface area (Å²) in [4.78, 5) is 14.3. The highest BCUT2D eigenvalue weighted by atomic mass is 15.3. The second-order valence-electron chi connectivity index (χ2n) is 8.99. The number of nitrogens with one attached hydrogen (secondary N) is 1. The Morgan fingerprint density at radius 2 is 1.82 bits per heavy atom. The number of aromatic nitrogens is 4. The summed E-state index contributed by atoms with van der Waals surface area (Å²) in [7, 11) is 0. The molecule has 2 saturated heterocycles. The first-order valence-electron chi connectivity index (χ1n) is 11.9. The molecule has 2 fully saturated rings. The van der Waals surface area contributed by atoms with Crippen LogP contribution in [0.3, 0.4) is 0 Å². The molecule has 5 heterocycles. The van der Waals surface area contributed by atoms with Gasteiger partial charge in [0, 0.05) is 32.7 Å². The van der Waals surface area contributed by atoms with E-state index in [-0.39, 0.29) is 0 Å². The third-order valence-electron chi connectivity index (χ3n) is 6.76. The van der Waals surface area contributed by atoms with E-state index in [2.05, 4.69) is 81.6 Å². The van der Waals surface area contributed by atoms with Crippen molar-refractivity contribution in [3.8, 4) is 11.4 Å². The molecule has 0 spiro atoms. The van der Waals surface area contributed by atoms with Gasteiger partial charge >= 0.3 is 0 Å². The van der Waals surface area contributed by atoms with Crippen molar-refractivity contribution < 1.29 is 0 Å². The molecule has 7 heteroatoms. The van der Waals surface area contributed by atoms with Gasteiger partial charge in [-0.25, -0.2) is 14.5 Å². The fraction of sp³-hybridized carbons (Fsp3) is 0.346. The monoisotopic (exact) mass is 439 g/mol. The Bertz CT molecular complexity index is 1270. The topological polar surface area (TPSA) is 61.6 Å². The fourth-order valence-electron chi connectivity index (χ4n) is 5.09. The highest BCUT2D eigenvalue weighted by molar-refractivity contribution is 5.62. The Morgan fingerprint density at radius 1 is 0.939 bits per heavy atom. The average molecular weight is 440 g/mol. The van der Waals surface area contributed by atoms with Gasteiger partial charge in [-0.2, -0.15) is 0 Å². The standard InChI is InChI=1S/C26H29N7/c1-19-5-2-6-20(17-19)22-8-4-14-32(22)26-11-10-24-28-18-23(33(24)30-26)21-7-3-9-25(29-21)31-15-12-27-13-16-31/h2-3,5-7,9-11,17-18,22,27H,4,8,12-16H2,1H3. The number of piperazine rings is 1.